The highest BCUT2D eigenvalue weighted by molar-refractivity contribution is 5.84. The van der Waals surface area contributed by atoms with Gasteiger partial charge in [0.05, 0.1) is 11.6 Å². The van der Waals surface area contributed by atoms with E-state index < -0.39 is 5.54 Å². The standard InChI is InChI=1S/C16H32N2O2/c1-11(2)13-7-6-12(3)10-14(13)20-9-8-16(4,18-5)15(17)19/h11-14,18H,6-10H2,1-5H3,(H2,17,19). The van der Waals surface area contributed by atoms with Crippen molar-refractivity contribution >= 4 is 5.91 Å². The van der Waals surface area contributed by atoms with Gasteiger partial charge in [0.1, 0.15) is 0 Å². The lowest BCUT2D eigenvalue weighted by Gasteiger charge is -2.37. The maximum atomic E-state index is 11.5. The Morgan fingerprint density at radius 2 is 2.10 bits per heavy atom. The maximum absolute atomic E-state index is 11.5. The first-order valence-electron chi connectivity index (χ1n) is 7.90. The molecule has 0 aromatic heterocycles. The number of hydrogen-bond acceptors (Lipinski definition) is 3. The summed E-state index contributed by atoms with van der Waals surface area (Å²) in [4.78, 5) is 11.5. The zero-order valence-electron chi connectivity index (χ0n) is 13.7. The van der Waals surface area contributed by atoms with Gasteiger partial charge >= 0.3 is 0 Å². The summed E-state index contributed by atoms with van der Waals surface area (Å²) in [6.45, 7) is 9.27. The highest BCUT2D eigenvalue weighted by Gasteiger charge is 2.33. The van der Waals surface area contributed by atoms with Crippen LogP contribution in [0.4, 0.5) is 0 Å². The van der Waals surface area contributed by atoms with Crippen molar-refractivity contribution in [1.29, 1.82) is 0 Å². The topological polar surface area (TPSA) is 64.3 Å². The van der Waals surface area contributed by atoms with Crippen LogP contribution in [-0.2, 0) is 9.53 Å². The molecule has 1 aliphatic carbocycles. The Kier molecular flexibility index (Phi) is 6.46. The number of carbonyl (C=O) groups is 1. The third-order valence-corrected chi connectivity index (χ3v) is 4.99. The Hall–Kier alpha value is -0.610. The molecule has 4 atom stereocenters. The van der Waals surface area contributed by atoms with Crippen LogP contribution in [0.15, 0.2) is 0 Å². The summed E-state index contributed by atoms with van der Waals surface area (Å²) >= 11 is 0. The van der Waals surface area contributed by atoms with Crippen LogP contribution in [0, 0.1) is 17.8 Å². The molecule has 0 heterocycles. The minimum absolute atomic E-state index is 0.318. The van der Waals surface area contributed by atoms with Crippen LogP contribution in [0.3, 0.4) is 0 Å². The van der Waals surface area contributed by atoms with E-state index >= 15 is 0 Å². The third-order valence-electron chi connectivity index (χ3n) is 4.99. The minimum atomic E-state index is -0.673. The average molecular weight is 284 g/mol. The van der Waals surface area contributed by atoms with Crippen molar-refractivity contribution in [3.63, 3.8) is 0 Å². The fraction of sp³-hybridized carbons (Fsp3) is 0.938. The van der Waals surface area contributed by atoms with Crippen LogP contribution >= 0.6 is 0 Å². The van der Waals surface area contributed by atoms with Gasteiger partial charge in [-0.25, -0.2) is 0 Å². The van der Waals surface area contributed by atoms with Crippen molar-refractivity contribution < 1.29 is 9.53 Å². The summed E-state index contributed by atoms with van der Waals surface area (Å²) in [5, 5.41) is 3.00. The minimum Gasteiger partial charge on any atom is -0.378 e. The van der Waals surface area contributed by atoms with Gasteiger partial charge in [-0.3, -0.25) is 4.79 Å². The van der Waals surface area contributed by atoms with E-state index in [1.807, 2.05) is 6.92 Å². The fourth-order valence-electron chi connectivity index (χ4n) is 3.09. The number of rotatable bonds is 7. The second-order valence-corrected chi connectivity index (χ2v) is 6.93. The van der Waals surface area contributed by atoms with Gasteiger partial charge < -0.3 is 15.8 Å². The zero-order chi connectivity index (χ0) is 15.3. The molecule has 1 aliphatic rings. The molecule has 0 aromatic rings. The van der Waals surface area contributed by atoms with E-state index in [-0.39, 0.29) is 5.91 Å². The summed E-state index contributed by atoms with van der Waals surface area (Å²) in [5.74, 6) is 1.71. The number of primary amides is 1. The number of likely N-dealkylation sites (N-methyl/N-ethyl adjacent to an activating group) is 1. The number of nitrogens with one attached hydrogen (secondary N) is 1. The van der Waals surface area contributed by atoms with Crippen LogP contribution in [-0.4, -0.2) is 31.2 Å². The van der Waals surface area contributed by atoms with E-state index in [9.17, 15) is 4.79 Å². The lowest BCUT2D eigenvalue weighted by molar-refractivity contribution is -0.125. The smallest absolute Gasteiger partial charge is 0.237 e. The molecule has 0 bridgehead atoms. The highest BCUT2D eigenvalue weighted by atomic mass is 16.5. The summed E-state index contributed by atoms with van der Waals surface area (Å²) in [6.07, 6.45) is 4.64. The molecule has 3 N–H and O–H groups in total. The molecule has 118 valence electrons. The Bertz CT molecular complexity index is 320. The molecule has 0 aliphatic heterocycles. The number of carbonyl (C=O) groups excluding carboxylic acids is 1. The Morgan fingerprint density at radius 1 is 1.45 bits per heavy atom. The summed E-state index contributed by atoms with van der Waals surface area (Å²) in [7, 11) is 1.77. The molecule has 0 aromatic carbocycles. The van der Waals surface area contributed by atoms with Gasteiger partial charge in [0.15, 0.2) is 0 Å². The molecular formula is C16H32N2O2. The lowest BCUT2D eigenvalue weighted by Crippen LogP contribution is -2.52. The van der Waals surface area contributed by atoms with Crippen LogP contribution in [0.25, 0.3) is 0 Å². The first-order valence-corrected chi connectivity index (χ1v) is 7.90. The average Bonchev–Trinajstić information content (AvgIpc) is 2.38. The second kappa shape index (κ2) is 7.41. The molecule has 1 amide bonds. The molecular weight excluding hydrogens is 252 g/mol. The van der Waals surface area contributed by atoms with E-state index in [1.54, 1.807) is 7.05 Å². The first kappa shape index (κ1) is 17.4. The van der Waals surface area contributed by atoms with Gasteiger partial charge in [-0.2, -0.15) is 0 Å². The van der Waals surface area contributed by atoms with Gasteiger partial charge in [-0.1, -0.05) is 27.2 Å². The van der Waals surface area contributed by atoms with Gasteiger partial charge in [0, 0.05) is 6.61 Å². The molecule has 0 spiro atoms. The summed E-state index contributed by atoms with van der Waals surface area (Å²) < 4.78 is 6.13. The molecule has 0 saturated heterocycles. The Balaban J connectivity index is 2.51. The molecule has 1 rings (SSSR count). The molecule has 4 unspecified atom stereocenters. The van der Waals surface area contributed by atoms with Crippen LogP contribution in [0.2, 0.25) is 0 Å². The van der Waals surface area contributed by atoms with Crippen LogP contribution in [0.5, 0.6) is 0 Å². The van der Waals surface area contributed by atoms with Crippen LogP contribution < -0.4 is 11.1 Å². The largest absolute Gasteiger partial charge is 0.378 e. The Labute approximate surface area is 123 Å². The fourth-order valence-corrected chi connectivity index (χ4v) is 3.09. The highest BCUT2D eigenvalue weighted by Crippen LogP contribution is 2.35. The molecule has 4 heteroatoms. The zero-order valence-corrected chi connectivity index (χ0v) is 13.7. The number of nitrogens with two attached hydrogens (primary N) is 1. The number of ether oxygens (including phenoxy) is 1. The second-order valence-electron chi connectivity index (χ2n) is 6.93. The van der Waals surface area contributed by atoms with Crippen molar-refractivity contribution in [2.75, 3.05) is 13.7 Å². The maximum Gasteiger partial charge on any atom is 0.237 e. The van der Waals surface area contributed by atoms with E-state index in [1.165, 1.54) is 12.8 Å². The molecule has 4 nitrogen and oxygen atoms in total. The number of hydrogen-bond donors (Lipinski definition) is 2. The first-order chi connectivity index (χ1) is 9.30. The quantitative estimate of drug-likeness (QED) is 0.754. The van der Waals surface area contributed by atoms with E-state index in [4.69, 9.17) is 10.5 Å². The number of amides is 1. The monoisotopic (exact) mass is 284 g/mol. The molecule has 20 heavy (non-hydrogen) atoms. The molecule has 0 radical (unpaired) electrons. The molecule has 1 fully saturated rings. The normalized spacial score (nSPS) is 30.2. The van der Waals surface area contributed by atoms with Crippen molar-refractivity contribution in [3.05, 3.63) is 0 Å². The third kappa shape index (κ3) is 4.45. The van der Waals surface area contributed by atoms with Gasteiger partial charge in [0.2, 0.25) is 5.91 Å². The van der Waals surface area contributed by atoms with E-state index in [2.05, 4.69) is 26.1 Å². The lowest BCUT2D eigenvalue weighted by atomic mass is 9.75. The van der Waals surface area contributed by atoms with Crippen LogP contribution in [0.1, 0.15) is 53.4 Å². The van der Waals surface area contributed by atoms with Crippen molar-refractivity contribution in [3.8, 4) is 0 Å². The van der Waals surface area contributed by atoms with Crippen molar-refractivity contribution in [2.24, 2.45) is 23.5 Å². The summed E-state index contributed by atoms with van der Waals surface area (Å²) in [5.41, 5.74) is 4.77. The van der Waals surface area contributed by atoms with Crippen molar-refractivity contribution in [1.82, 2.24) is 5.32 Å². The van der Waals surface area contributed by atoms with E-state index in [0.717, 1.165) is 12.3 Å². The molecule has 1 saturated carbocycles. The van der Waals surface area contributed by atoms with Gasteiger partial charge in [-0.05, 0) is 51.0 Å². The van der Waals surface area contributed by atoms with E-state index in [0.29, 0.717) is 31.0 Å². The van der Waals surface area contributed by atoms with Gasteiger partial charge in [0.25, 0.3) is 0 Å². The summed E-state index contributed by atoms with van der Waals surface area (Å²) in [6, 6.07) is 0. The van der Waals surface area contributed by atoms with Gasteiger partial charge in [-0.15, -0.1) is 0 Å². The predicted molar refractivity (Wildman–Crippen MR) is 82.4 cm³/mol. The predicted octanol–water partition coefficient (Wildman–Crippen LogP) is 2.32. The Morgan fingerprint density at radius 3 is 2.60 bits per heavy atom. The van der Waals surface area contributed by atoms with Crippen molar-refractivity contribution in [2.45, 2.75) is 65.0 Å². The SMILES string of the molecule is CNC(C)(CCOC1CC(C)CCC1C(C)C)C(N)=O.